The topological polar surface area (TPSA) is 102 Å². The van der Waals surface area contributed by atoms with Crippen molar-refractivity contribution in [2.24, 2.45) is 0 Å². The predicted octanol–water partition coefficient (Wildman–Crippen LogP) is 2.98. The molecule has 0 saturated carbocycles. The van der Waals surface area contributed by atoms with Crippen molar-refractivity contribution in [2.75, 3.05) is 5.73 Å². The largest absolute Gasteiger partial charge is 0.454 e. The van der Waals surface area contributed by atoms with Gasteiger partial charge in [0.05, 0.1) is 10.6 Å². The van der Waals surface area contributed by atoms with Crippen molar-refractivity contribution in [3.8, 4) is 17.6 Å². The molecule has 0 amide bonds. The number of hydrogen-bond acceptors (Lipinski definition) is 5. The maximum absolute atomic E-state index is 13.4. The summed E-state index contributed by atoms with van der Waals surface area (Å²) < 4.78 is 18.7. The van der Waals surface area contributed by atoms with Gasteiger partial charge in [-0.2, -0.15) is 5.26 Å². The summed E-state index contributed by atoms with van der Waals surface area (Å²) in [6.45, 7) is 0. The number of nitrogen functional groups attached to an aromatic ring is 1. The summed E-state index contributed by atoms with van der Waals surface area (Å²) in [6.07, 6.45) is 0. The quantitative estimate of drug-likeness (QED) is 0.526. The molecular weight excluding hydrogens is 265 g/mol. The van der Waals surface area contributed by atoms with Gasteiger partial charge in [-0.1, -0.05) is 6.07 Å². The van der Waals surface area contributed by atoms with Gasteiger partial charge in [-0.15, -0.1) is 0 Å². The minimum atomic E-state index is -0.717. The summed E-state index contributed by atoms with van der Waals surface area (Å²) in [4.78, 5) is 9.99. The first-order chi connectivity index (χ1) is 9.52. The van der Waals surface area contributed by atoms with Crippen LogP contribution in [-0.4, -0.2) is 4.92 Å². The van der Waals surface area contributed by atoms with E-state index in [-0.39, 0.29) is 28.4 Å². The van der Waals surface area contributed by atoms with E-state index in [1.54, 1.807) is 6.07 Å². The maximum Gasteiger partial charge on any atom is 0.271 e. The minimum absolute atomic E-state index is 0.00643. The van der Waals surface area contributed by atoms with Gasteiger partial charge in [-0.05, 0) is 18.2 Å². The number of nitro benzene ring substituents is 1. The van der Waals surface area contributed by atoms with Crippen molar-refractivity contribution >= 4 is 11.4 Å². The Labute approximate surface area is 113 Å². The average molecular weight is 273 g/mol. The van der Waals surface area contributed by atoms with Crippen LogP contribution in [0.5, 0.6) is 11.5 Å². The number of halogens is 1. The lowest BCUT2D eigenvalue weighted by Crippen LogP contribution is -1.97. The number of rotatable bonds is 3. The third-order valence-corrected chi connectivity index (χ3v) is 2.51. The Morgan fingerprint density at radius 1 is 1.30 bits per heavy atom. The molecule has 2 N–H and O–H groups in total. The second-order valence-corrected chi connectivity index (χ2v) is 3.81. The molecule has 0 atom stereocenters. The van der Waals surface area contributed by atoms with E-state index in [1.807, 2.05) is 0 Å². The van der Waals surface area contributed by atoms with Crippen molar-refractivity contribution in [3.05, 3.63) is 57.9 Å². The molecule has 0 spiro atoms. The van der Waals surface area contributed by atoms with Gasteiger partial charge in [0.15, 0.2) is 5.75 Å². The normalized spacial score (nSPS) is 9.80. The van der Waals surface area contributed by atoms with Crippen LogP contribution in [-0.2, 0) is 0 Å². The highest BCUT2D eigenvalue weighted by molar-refractivity contribution is 5.60. The fourth-order valence-corrected chi connectivity index (χ4v) is 1.56. The van der Waals surface area contributed by atoms with Gasteiger partial charge in [0.25, 0.3) is 5.69 Å². The molecule has 20 heavy (non-hydrogen) atoms. The van der Waals surface area contributed by atoms with E-state index in [9.17, 15) is 14.5 Å². The molecule has 0 radical (unpaired) electrons. The molecule has 7 heteroatoms. The summed E-state index contributed by atoms with van der Waals surface area (Å²) in [5.74, 6) is -0.615. The van der Waals surface area contributed by atoms with Gasteiger partial charge < -0.3 is 10.5 Å². The number of anilines is 1. The first-order valence-electron chi connectivity index (χ1n) is 5.43. The minimum Gasteiger partial charge on any atom is -0.454 e. The number of hydrogen-bond donors (Lipinski definition) is 1. The molecule has 0 aromatic heterocycles. The van der Waals surface area contributed by atoms with Crippen LogP contribution in [0.3, 0.4) is 0 Å². The van der Waals surface area contributed by atoms with Gasteiger partial charge in [-0.25, -0.2) is 4.39 Å². The lowest BCUT2D eigenvalue weighted by Gasteiger charge is -2.09. The molecule has 100 valence electrons. The summed E-state index contributed by atoms with van der Waals surface area (Å²) >= 11 is 0. The van der Waals surface area contributed by atoms with Crippen LogP contribution < -0.4 is 10.5 Å². The highest BCUT2D eigenvalue weighted by atomic mass is 19.1. The lowest BCUT2D eigenvalue weighted by atomic mass is 10.2. The van der Waals surface area contributed by atoms with Gasteiger partial charge in [-0.3, -0.25) is 10.1 Å². The van der Waals surface area contributed by atoms with Crippen molar-refractivity contribution in [2.45, 2.75) is 0 Å². The Kier molecular flexibility index (Phi) is 3.48. The number of benzene rings is 2. The number of ether oxygens (including phenoxy) is 1. The maximum atomic E-state index is 13.4. The summed E-state index contributed by atoms with van der Waals surface area (Å²) in [6, 6.07) is 9.22. The molecule has 2 rings (SSSR count). The molecule has 6 nitrogen and oxygen atoms in total. The van der Waals surface area contributed by atoms with Crippen LogP contribution in [0, 0.1) is 27.3 Å². The lowest BCUT2D eigenvalue weighted by molar-refractivity contribution is -0.384. The van der Waals surface area contributed by atoms with Gasteiger partial charge in [0.1, 0.15) is 23.2 Å². The van der Waals surface area contributed by atoms with E-state index in [1.165, 1.54) is 24.3 Å². The van der Waals surface area contributed by atoms with Crippen LogP contribution >= 0.6 is 0 Å². The first kappa shape index (κ1) is 13.3. The zero-order valence-corrected chi connectivity index (χ0v) is 10.0. The molecule has 0 unspecified atom stereocenters. The fraction of sp³-hybridized carbons (Fsp3) is 0. The van der Waals surface area contributed by atoms with Crippen molar-refractivity contribution in [1.82, 2.24) is 0 Å². The number of non-ortho nitro benzene ring substituents is 1. The number of nitrogens with zero attached hydrogens (tertiary/aromatic N) is 2. The molecule has 0 fully saturated rings. The Hall–Kier alpha value is -3.14. The molecule has 0 aliphatic heterocycles. The van der Waals surface area contributed by atoms with E-state index >= 15 is 0 Å². The molecule has 0 saturated heterocycles. The first-order valence-corrected chi connectivity index (χ1v) is 5.43. The predicted molar refractivity (Wildman–Crippen MR) is 68.7 cm³/mol. The van der Waals surface area contributed by atoms with E-state index < -0.39 is 10.7 Å². The number of nitriles is 1. The zero-order valence-electron chi connectivity index (χ0n) is 10.0. The Morgan fingerprint density at radius 3 is 2.65 bits per heavy atom. The van der Waals surface area contributed by atoms with Crippen LogP contribution in [0.15, 0.2) is 36.4 Å². The summed E-state index contributed by atoms with van der Waals surface area (Å²) in [5.41, 5.74) is 5.21. The van der Waals surface area contributed by atoms with Gasteiger partial charge in [0, 0.05) is 12.1 Å². The second kappa shape index (κ2) is 5.24. The number of nitrogens with two attached hydrogens (primary N) is 1. The third-order valence-electron chi connectivity index (χ3n) is 2.51. The van der Waals surface area contributed by atoms with E-state index in [4.69, 9.17) is 15.7 Å². The Balaban J connectivity index is 2.39. The van der Waals surface area contributed by atoms with Gasteiger partial charge >= 0.3 is 0 Å². The smallest absolute Gasteiger partial charge is 0.271 e. The molecule has 0 aliphatic carbocycles. The number of nitro groups is 1. The molecule has 0 bridgehead atoms. The molecule has 0 aliphatic rings. The molecule has 0 heterocycles. The van der Waals surface area contributed by atoms with E-state index in [0.29, 0.717) is 0 Å². The summed E-state index contributed by atoms with van der Waals surface area (Å²) in [7, 11) is 0. The van der Waals surface area contributed by atoms with Crippen LogP contribution in [0.25, 0.3) is 0 Å². The summed E-state index contributed by atoms with van der Waals surface area (Å²) in [5, 5.41) is 19.5. The molecule has 2 aromatic rings. The van der Waals surface area contributed by atoms with Crippen LogP contribution in [0.1, 0.15) is 5.56 Å². The monoisotopic (exact) mass is 273 g/mol. The second-order valence-electron chi connectivity index (χ2n) is 3.81. The van der Waals surface area contributed by atoms with Crippen molar-refractivity contribution < 1.29 is 14.1 Å². The fourth-order valence-electron chi connectivity index (χ4n) is 1.56. The third kappa shape index (κ3) is 2.49. The highest BCUT2D eigenvalue weighted by Gasteiger charge is 2.13. The van der Waals surface area contributed by atoms with Crippen molar-refractivity contribution in [3.63, 3.8) is 0 Å². The van der Waals surface area contributed by atoms with E-state index in [0.717, 1.165) is 12.1 Å². The van der Waals surface area contributed by atoms with Crippen molar-refractivity contribution in [1.29, 1.82) is 5.26 Å². The zero-order chi connectivity index (χ0) is 14.7. The van der Waals surface area contributed by atoms with Crippen LogP contribution in [0.2, 0.25) is 0 Å². The Morgan fingerprint density at radius 2 is 2.05 bits per heavy atom. The average Bonchev–Trinajstić information content (AvgIpc) is 2.41. The standard InChI is InChI=1S/C13H8FN3O3/c14-10-2-1-3-12(9(10)7-15)20-13-5-4-8(17(18)19)6-11(13)16/h1-6H,16H2. The Bertz CT molecular complexity index is 725. The SMILES string of the molecule is N#Cc1c(F)cccc1Oc1ccc([N+](=O)[O-])cc1N. The highest BCUT2D eigenvalue weighted by Crippen LogP contribution is 2.32. The van der Waals surface area contributed by atoms with Gasteiger partial charge in [0.2, 0.25) is 0 Å². The molecule has 2 aromatic carbocycles. The van der Waals surface area contributed by atoms with E-state index in [2.05, 4.69) is 0 Å². The van der Waals surface area contributed by atoms with Crippen LogP contribution in [0.4, 0.5) is 15.8 Å². The molecular formula is C13H8FN3O3.